The molecule has 0 aromatic heterocycles. The van der Waals surface area contributed by atoms with Crippen LogP contribution in [0.3, 0.4) is 0 Å². The van der Waals surface area contributed by atoms with E-state index < -0.39 is 0 Å². The van der Waals surface area contributed by atoms with Crippen molar-refractivity contribution in [3.8, 4) is 0 Å². The highest BCUT2D eigenvalue weighted by atomic mass is 16.5. The number of carbonyl (C=O) groups excluding carboxylic acids is 1. The molecular formula is C18H27N2O2+. The second-order valence-electron chi connectivity index (χ2n) is 6.56. The molecule has 0 saturated carbocycles. The molecule has 0 bridgehead atoms. The third kappa shape index (κ3) is 3.87. The summed E-state index contributed by atoms with van der Waals surface area (Å²) in [4.78, 5) is 13.5. The third-order valence-electron chi connectivity index (χ3n) is 4.86. The highest BCUT2D eigenvalue weighted by Gasteiger charge is 2.19. The van der Waals surface area contributed by atoms with Crippen molar-refractivity contribution in [1.29, 1.82) is 0 Å². The van der Waals surface area contributed by atoms with Gasteiger partial charge in [-0.1, -0.05) is 18.2 Å². The predicted molar refractivity (Wildman–Crippen MR) is 86.0 cm³/mol. The summed E-state index contributed by atoms with van der Waals surface area (Å²) in [7, 11) is 0. The van der Waals surface area contributed by atoms with Crippen LogP contribution >= 0.6 is 0 Å². The van der Waals surface area contributed by atoms with Gasteiger partial charge in [0.2, 0.25) is 0 Å². The number of hydrogen-bond donors (Lipinski definition) is 2. The first-order valence-corrected chi connectivity index (χ1v) is 8.55. The number of ether oxygens (including phenoxy) is 1. The largest absolute Gasteiger partial charge is 0.370 e. The Labute approximate surface area is 132 Å². The van der Waals surface area contributed by atoms with Crippen LogP contribution < -0.4 is 10.2 Å². The average Bonchev–Trinajstić information content (AvgIpc) is 2.55. The van der Waals surface area contributed by atoms with Crippen molar-refractivity contribution in [2.75, 3.05) is 32.8 Å². The lowest BCUT2D eigenvalue weighted by Gasteiger charge is -2.24. The second kappa shape index (κ2) is 7.25. The van der Waals surface area contributed by atoms with E-state index in [0.717, 1.165) is 26.3 Å². The molecule has 2 N–H and O–H groups in total. The SMILES string of the molecule is C[C@H](NC(=O)C[NH+]1CCOCC1)c1ccc2c(c1)CCCC2. The fourth-order valence-electron chi connectivity index (χ4n) is 3.46. The quantitative estimate of drug-likeness (QED) is 0.858. The summed E-state index contributed by atoms with van der Waals surface area (Å²) >= 11 is 0. The van der Waals surface area contributed by atoms with Crippen LogP contribution in [-0.4, -0.2) is 38.8 Å². The molecule has 1 aliphatic carbocycles. The molecule has 1 fully saturated rings. The molecule has 2 aliphatic rings. The number of benzene rings is 1. The maximum absolute atomic E-state index is 12.2. The Bertz CT molecular complexity index is 524. The smallest absolute Gasteiger partial charge is 0.275 e. The minimum absolute atomic E-state index is 0.0835. The van der Waals surface area contributed by atoms with E-state index in [0.29, 0.717) is 6.54 Å². The topological polar surface area (TPSA) is 42.8 Å². The summed E-state index contributed by atoms with van der Waals surface area (Å²) < 4.78 is 5.33. The zero-order valence-electron chi connectivity index (χ0n) is 13.5. The molecule has 0 radical (unpaired) electrons. The molecule has 1 aromatic rings. The number of quaternary nitrogens is 1. The molecule has 1 atom stereocenters. The molecule has 3 rings (SSSR count). The highest BCUT2D eigenvalue weighted by Crippen LogP contribution is 2.24. The molecule has 4 nitrogen and oxygen atoms in total. The van der Waals surface area contributed by atoms with E-state index in [2.05, 4.69) is 30.4 Å². The Morgan fingerprint density at radius 1 is 1.23 bits per heavy atom. The van der Waals surface area contributed by atoms with Crippen molar-refractivity contribution in [2.24, 2.45) is 0 Å². The number of amides is 1. The Hall–Kier alpha value is -1.39. The van der Waals surface area contributed by atoms with Gasteiger partial charge in [-0.15, -0.1) is 0 Å². The van der Waals surface area contributed by atoms with Crippen molar-refractivity contribution in [2.45, 2.75) is 38.6 Å². The zero-order chi connectivity index (χ0) is 15.4. The Balaban J connectivity index is 1.56. The van der Waals surface area contributed by atoms with Crippen LogP contribution in [-0.2, 0) is 22.4 Å². The maximum Gasteiger partial charge on any atom is 0.275 e. The summed E-state index contributed by atoms with van der Waals surface area (Å²) in [5, 5.41) is 3.15. The van der Waals surface area contributed by atoms with Crippen LogP contribution in [0.1, 0.15) is 42.5 Å². The monoisotopic (exact) mass is 303 g/mol. The Morgan fingerprint density at radius 3 is 2.73 bits per heavy atom. The van der Waals surface area contributed by atoms with Crippen LogP contribution in [0.5, 0.6) is 0 Å². The van der Waals surface area contributed by atoms with Crippen LogP contribution in [0.2, 0.25) is 0 Å². The molecule has 1 saturated heterocycles. The first-order chi connectivity index (χ1) is 10.7. The number of rotatable bonds is 4. The van der Waals surface area contributed by atoms with Gasteiger partial charge in [-0.05, 0) is 49.3 Å². The van der Waals surface area contributed by atoms with Crippen molar-refractivity contribution in [1.82, 2.24) is 5.32 Å². The van der Waals surface area contributed by atoms with E-state index in [4.69, 9.17) is 4.74 Å². The van der Waals surface area contributed by atoms with Gasteiger partial charge in [0, 0.05) is 0 Å². The highest BCUT2D eigenvalue weighted by molar-refractivity contribution is 5.77. The number of aryl methyl sites for hydroxylation is 2. The Morgan fingerprint density at radius 2 is 1.95 bits per heavy atom. The predicted octanol–water partition coefficient (Wildman–Crippen LogP) is 0.658. The molecule has 1 aromatic carbocycles. The fourth-order valence-corrected chi connectivity index (χ4v) is 3.46. The minimum Gasteiger partial charge on any atom is -0.370 e. The van der Waals surface area contributed by atoms with Gasteiger partial charge < -0.3 is 15.0 Å². The van der Waals surface area contributed by atoms with Gasteiger partial charge in [0.05, 0.1) is 19.3 Å². The van der Waals surface area contributed by atoms with E-state index in [-0.39, 0.29) is 11.9 Å². The molecule has 1 amide bonds. The van der Waals surface area contributed by atoms with Crippen LogP contribution in [0, 0.1) is 0 Å². The molecule has 0 unspecified atom stereocenters. The number of nitrogens with one attached hydrogen (secondary N) is 2. The van der Waals surface area contributed by atoms with Crippen molar-refractivity contribution in [3.63, 3.8) is 0 Å². The summed E-state index contributed by atoms with van der Waals surface area (Å²) in [6.07, 6.45) is 4.98. The van der Waals surface area contributed by atoms with E-state index in [1.54, 1.807) is 0 Å². The van der Waals surface area contributed by atoms with E-state index in [9.17, 15) is 4.79 Å². The van der Waals surface area contributed by atoms with E-state index >= 15 is 0 Å². The standard InChI is InChI=1S/C18H26N2O2/c1-14(19-18(21)13-20-8-10-22-11-9-20)16-7-6-15-4-2-3-5-17(15)12-16/h6-7,12,14H,2-5,8-11,13H2,1H3,(H,19,21)/p+1/t14-/m0/s1. The van der Waals surface area contributed by atoms with Crippen molar-refractivity contribution < 1.29 is 14.4 Å². The van der Waals surface area contributed by atoms with Gasteiger partial charge in [-0.3, -0.25) is 4.79 Å². The third-order valence-corrected chi connectivity index (χ3v) is 4.86. The number of hydrogen-bond acceptors (Lipinski definition) is 2. The molecular weight excluding hydrogens is 276 g/mol. The molecule has 1 heterocycles. The summed E-state index contributed by atoms with van der Waals surface area (Å²) in [5.74, 6) is 0.141. The first-order valence-electron chi connectivity index (χ1n) is 8.55. The maximum atomic E-state index is 12.2. The van der Waals surface area contributed by atoms with Gasteiger partial charge in [-0.25, -0.2) is 0 Å². The van der Waals surface area contributed by atoms with Crippen molar-refractivity contribution >= 4 is 5.91 Å². The van der Waals surface area contributed by atoms with Gasteiger partial charge in [0.15, 0.2) is 6.54 Å². The van der Waals surface area contributed by atoms with Crippen LogP contribution in [0.25, 0.3) is 0 Å². The lowest BCUT2D eigenvalue weighted by molar-refractivity contribution is -0.900. The van der Waals surface area contributed by atoms with Crippen molar-refractivity contribution in [3.05, 3.63) is 34.9 Å². The normalized spacial score (nSPS) is 20.2. The van der Waals surface area contributed by atoms with Crippen LogP contribution in [0.4, 0.5) is 0 Å². The number of carbonyl (C=O) groups is 1. The zero-order valence-corrected chi connectivity index (χ0v) is 13.5. The first kappa shape index (κ1) is 15.5. The molecule has 0 spiro atoms. The summed E-state index contributed by atoms with van der Waals surface area (Å²) in [6.45, 7) is 6.03. The van der Waals surface area contributed by atoms with Gasteiger partial charge >= 0.3 is 0 Å². The molecule has 120 valence electrons. The fraction of sp³-hybridized carbons (Fsp3) is 0.611. The van der Waals surface area contributed by atoms with E-state index in [1.807, 2.05) is 0 Å². The van der Waals surface area contributed by atoms with Gasteiger partial charge in [-0.2, -0.15) is 0 Å². The van der Waals surface area contributed by atoms with Gasteiger partial charge in [0.25, 0.3) is 5.91 Å². The molecule has 1 aliphatic heterocycles. The second-order valence-corrected chi connectivity index (χ2v) is 6.56. The summed E-state index contributed by atoms with van der Waals surface area (Å²) in [5.41, 5.74) is 4.20. The molecule has 4 heteroatoms. The lowest BCUT2D eigenvalue weighted by Crippen LogP contribution is -3.15. The number of morpholine rings is 1. The van der Waals surface area contributed by atoms with Crippen LogP contribution in [0.15, 0.2) is 18.2 Å². The Kier molecular flexibility index (Phi) is 5.11. The number of fused-ring (bicyclic) bond motifs is 1. The van der Waals surface area contributed by atoms with E-state index in [1.165, 1.54) is 47.3 Å². The lowest BCUT2D eigenvalue weighted by atomic mass is 9.89. The summed E-state index contributed by atoms with van der Waals surface area (Å²) in [6, 6.07) is 6.80. The average molecular weight is 303 g/mol. The minimum atomic E-state index is 0.0835. The van der Waals surface area contributed by atoms with Gasteiger partial charge in [0.1, 0.15) is 13.1 Å². The molecule has 22 heavy (non-hydrogen) atoms.